The third-order valence-corrected chi connectivity index (χ3v) is 6.19. The van der Waals surface area contributed by atoms with Crippen LogP contribution in [0, 0.1) is 5.82 Å². The quantitative estimate of drug-likeness (QED) is 0.433. The predicted molar refractivity (Wildman–Crippen MR) is 124 cm³/mol. The van der Waals surface area contributed by atoms with Crippen LogP contribution in [-0.2, 0) is 24.8 Å². The molecule has 2 aromatic carbocycles. The number of fused-ring (bicyclic) bond motifs is 2. The molecule has 0 bridgehead atoms. The van der Waals surface area contributed by atoms with Crippen LogP contribution < -0.4 is 4.74 Å². The summed E-state index contributed by atoms with van der Waals surface area (Å²) in [6, 6.07) is 11.6. The summed E-state index contributed by atoms with van der Waals surface area (Å²) in [5.41, 5.74) is 2.58. The van der Waals surface area contributed by atoms with E-state index in [0.29, 0.717) is 23.4 Å². The number of hydrogen-bond acceptors (Lipinski definition) is 5. The zero-order valence-corrected chi connectivity index (χ0v) is 18.5. The molecule has 0 radical (unpaired) electrons. The number of benzene rings is 2. The van der Waals surface area contributed by atoms with Gasteiger partial charge in [0, 0.05) is 50.0 Å². The van der Waals surface area contributed by atoms with Gasteiger partial charge in [-0.3, -0.25) is 14.5 Å². The van der Waals surface area contributed by atoms with Crippen molar-refractivity contribution in [2.45, 2.75) is 25.6 Å². The van der Waals surface area contributed by atoms with E-state index in [0.717, 1.165) is 28.9 Å². The number of halogens is 1. The highest BCUT2D eigenvalue weighted by molar-refractivity contribution is 5.98. The van der Waals surface area contributed by atoms with Gasteiger partial charge in [-0.05, 0) is 41.5 Å². The van der Waals surface area contributed by atoms with Crippen molar-refractivity contribution in [3.05, 3.63) is 77.5 Å². The van der Waals surface area contributed by atoms with E-state index in [2.05, 4.69) is 10.1 Å². The first kappa shape index (κ1) is 18.6. The molecule has 0 spiro atoms. The Bertz CT molecular complexity index is 1500. The second-order valence-electron chi connectivity index (χ2n) is 8.48. The number of carbonyl (C=O) groups is 1. The average molecular weight is 461 g/mol. The molecule has 2 aliphatic heterocycles. The summed E-state index contributed by atoms with van der Waals surface area (Å²) >= 11 is 0. The number of rotatable bonds is 6. The number of nitrogens with zero attached hydrogens (tertiary/aromatic N) is 4. The molecule has 1 saturated heterocycles. The van der Waals surface area contributed by atoms with Gasteiger partial charge in [-0.15, -0.1) is 0 Å². The minimum Gasteiger partial charge on any atom is -0.489 e. The lowest BCUT2D eigenvalue weighted by Crippen LogP contribution is -2.32. The number of pyridine rings is 1. The van der Waals surface area contributed by atoms with Crippen LogP contribution in [0.2, 0.25) is 0 Å². The Balaban J connectivity index is 1.29. The highest BCUT2D eigenvalue weighted by Gasteiger charge is 2.28. The lowest BCUT2D eigenvalue weighted by molar-refractivity contribution is -0.0718. The molecule has 2 aliphatic rings. The number of aromatic nitrogens is 3. The topological polar surface area (TPSA) is 69.5 Å². The van der Waals surface area contributed by atoms with E-state index in [9.17, 15) is 4.79 Å². The number of aryl methyl sites for hydroxylation is 1. The maximum atomic E-state index is 15.3. The molecule has 4 aromatic rings. The molecule has 0 N–H and O–H groups in total. The molecule has 2 aromatic heterocycles. The Hall–Kier alpha value is -3.78. The van der Waals surface area contributed by atoms with E-state index in [1.54, 1.807) is 22.9 Å². The zero-order valence-electron chi connectivity index (χ0n) is 20.5. The molecule has 172 valence electrons. The van der Waals surface area contributed by atoms with Crippen molar-refractivity contribution in [1.29, 1.82) is 0 Å². The number of carbonyl (C=O) groups excluding carboxylic acids is 1. The van der Waals surface area contributed by atoms with Crippen molar-refractivity contribution < 1.29 is 21.4 Å². The van der Waals surface area contributed by atoms with Gasteiger partial charge >= 0.3 is 0 Å². The number of ether oxygens (including phenoxy) is 2. The fourth-order valence-corrected chi connectivity index (χ4v) is 4.28. The first-order chi connectivity index (χ1) is 17.3. The van der Waals surface area contributed by atoms with Gasteiger partial charge in [0.25, 0.3) is 5.91 Å². The summed E-state index contributed by atoms with van der Waals surface area (Å²) in [7, 11) is 1.82. The molecule has 34 heavy (non-hydrogen) atoms. The van der Waals surface area contributed by atoms with Crippen molar-refractivity contribution in [1.82, 2.24) is 19.7 Å². The highest BCUT2D eigenvalue weighted by Crippen LogP contribution is 2.35. The maximum absolute atomic E-state index is 15.3. The molecule has 1 amide bonds. The second-order valence-corrected chi connectivity index (χ2v) is 8.48. The molecule has 1 fully saturated rings. The molecule has 0 saturated carbocycles. The molecule has 6 rings (SSSR count). The van der Waals surface area contributed by atoms with Crippen molar-refractivity contribution >= 4 is 16.8 Å². The first-order valence-electron chi connectivity index (χ1n) is 12.1. The van der Waals surface area contributed by atoms with Crippen molar-refractivity contribution in [2.24, 2.45) is 7.05 Å². The van der Waals surface area contributed by atoms with E-state index in [4.69, 9.17) is 12.2 Å². The SMILES string of the molecule is [2H]C1([2H])c2ncccc2C(=O)N1Cc1ccc(-c2ccc(OCC3CCO3)c3nn(C)cc23)cc1F. The average Bonchev–Trinajstić information content (AvgIpc) is 3.31. The van der Waals surface area contributed by atoms with Crippen molar-refractivity contribution in [3.8, 4) is 16.9 Å². The number of amides is 1. The van der Waals surface area contributed by atoms with Gasteiger partial charge < -0.3 is 14.4 Å². The van der Waals surface area contributed by atoms with Crippen LogP contribution in [0.1, 0.15) is 30.8 Å². The van der Waals surface area contributed by atoms with Gasteiger partial charge in [0.1, 0.15) is 23.7 Å². The van der Waals surface area contributed by atoms with Gasteiger partial charge in [-0.1, -0.05) is 12.1 Å². The molecule has 1 unspecified atom stereocenters. The molecular formula is C26H23FN4O3. The van der Waals surface area contributed by atoms with Gasteiger partial charge in [0.2, 0.25) is 0 Å². The third kappa shape index (κ3) is 3.60. The molecule has 0 aliphatic carbocycles. The molecule has 1 atom stereocenters. The highest BCUT2D eigenvalue weighted by atomic mass is 19.1. The summed E-state index contributed by atoms with van der Waals surface area (Å²) in [5, 5.41) is 5.36. The molecule has 8 heteroatoms. The van der Waals surface area contributed by atoms with E-state index in [1.807, 2.05) is 25.4 Å². The Kier molecular flexibility index (Phi) is 4.50. The van der Waals surface area contributed by atoms with E-state index < -0.39 is 18.2 Å². The Morgan fingerprint density at radius 2 is 2.15 bits per heavy atom. The van der Waals surface area contributed by atoms with E-state index >= 15 is 4.39 Å². The summed E-state index contributed by atoms with van der Waals surface area (Å²) < 4.78 is 45.2. The number of hydrogen-bond donors (Lipinski definition) is 0. The minimum atomic E-state index is -2.12. The van der Waals surface area contributed by atoms with Crippen LogP contribution in [0.4, 0.5) is 4.39 Å². The molecule has 7 nitrogen and oxygen atoms in total. The van der Waals surface area contributed by atoms with Gasteiger partial charge in [-0.2, -0.15) is 5.10 Å². The minimum absolute atomic E-state index is 0.0529. The van der Waals surface area contributed by atoms with Gasteiger partial charge in [0.15, 0.2) is 0 Å². The fourth-order valence-electron chi connectivity index (χ4n) is 4.28. The van der Waals surface area contributed by atoms with Crippen molar-refractivity contribution in [2.75, 3.05) is 13.2 Å². The lowest BCUT2D eigenvalue weighted by Gasteiger charge is -2.26. The van der Waals surface area contributed by atoms with Gasteiger partial charge in [-0.25, -0.2) is 4.39 Å². The monoisotopic (exact) mass is 460 g/mol. The van der Waals surface area contributed by atoms with E-state index in [1.165, 1.54) is 18.3 Å². The normalized spacial score (nSPS) is 19.5. The third-order valence-electron chi connectivity index (χ3n) is 6.19. The summed E-state index contributed by atoms with van der Waals surface area (Å²) in [6.07, 6.45) is 4.38. The van der Waals surface area contributed by atoms with Crippen LogP contribution >= 0.6 is 0 Å². The van der Waals surface area contributed by atoms with Crippen LogP contribution in [0.15, 0.2) is 54.9 Å². The largest absolute Gasteiger partial charge is 0.489 e. The Morgan fingerprint density at radius 1 is 1.26 bits per heavy atom. The molecule has 4 heterocycles. The second kappa shape index (κ2) is 8.22. The summed E-state index contributed by atoms with van der Waals surface area (Å²) in [5.74, 6) is -0.393. The van der Waals surface area contributed by atoms with Crippen LogP contribution in [0.5, 0.6) is 5.75 Å². The first-order valence-corrected chi connectivity index (χ1v) is 11.1. The van der Waals surface area contributed by atoms with Crippen LogP contribution in [-0.4, -0.2) is 44.9 Å². The fraction of sp³-hybridized carbons (Fsp3) is 0.269. The van der Waals surface area contributed by atoms with Gasteiger partial charge in [0.05, 0.1) is 26.6 Å². The van der Waals surface area contributed by atoms with Crippen LogP contribution in [0.3, 0.4) is 0 Å². The summed E-state index contributed by atoms with van der Waals surface area (Å²) in [4.78, 5) is 17.9. The van der Waals surface area contributed by atoms with Crippen molar-refractivity contribution in [3.63, 3.8) is 0 Å². The standard InChI is InChI=1S/C26H23FN4O3/c1-30-13-21-19(6-7-24(25(21)29-30)34-15-18-8-10-33-18)16-4-5-17(22(27)11-16)12-31-14-23-20(26(31)32)3-2-9-28-23/h2-7,9,11,13,18H,8,10,12,14-15H2,1H3/i14D2. The lowest BCUT2D eigenvalue weighted by atomic mass is 9.99. The molecular weight excluding hydrogens is 435 g/mol. The van der Waals surface area contributed by atoms with E-state index in [-0.39, 0.29) is 29.5 Å². The Labute approximate surface area is 198 Å². The zero-order chi connectivity index (χ0) is 25.0. The summed E-state index contributed by atoms with van der Waals surface area (Å²) in [6.45, 7) is -1.13. The Morgan fingerprint density at radius 3 is 2.91 bits per heavy atom. The maximum Gasteiger partial charge on any atom is 0.256 e. The van der Waals surface area contributed by atoms with Crippen LogP contribution in [0.25, 0.3) is 22.0 Å². The predicted octanol–water partition coefficient (Wildman–Crippen LogP) is 4.10. The smallest absolute Gasteiger partial charge is 0.256 e.